The van der Waals surface area contributed by atoms with E-state index >= 15 is 0 Å². The second-order valence-electron chi connectivity index (χ2n) is 7.96. The molecule has 30 heavy (non-hydrogen) atoms. The summed E-state index contributed by atoms with van der Waals surface area (Å²) in [5.41, 5.74) is 0.847. The summed E-state index contributed by atoms with van der Waals surface area (Å²) in [5, 5.41) is 14.1. The predicted molar refractivity (Wildman–Crippen MR) is 105 cm³/mol. The summed E-state index contributed by atoms with van der Waals surface area (Å²) in [5.74, 6) is -0.354. The Bertz CT molecular complexity index is 854. The van der Waals surface area contributed by atoms with Gasteiger partial charge in [0, 0.05) is 32.5 Å². The Morgan fingerprint density at radius 2 is 1.97 bits per heavy atom. The first-order chi connectivity index (χ1) is 14.4. The molecule has 0 spiro atoms. The average molecular weight is 420 g/mol. The number of cyclic esters (lactones) is 1. The minimum absolute atomic E-state index is 0.0455. The zero-order valence-electron chi connectivity index (χ0n) is 16.6. The van der Waals surface area contributed by atoms with E-state index in [1.165, 1.54) is 17.9 Å². The highest BCUT2D eigenvalue weighted by molar-refractivity contribution is 5.90. The fourth-order valence-corrected chi connectivity index (χ4v) is 4.43. The number of amides is 3. The molecule has 1 saturated carbocycles. The number of nitrogens with zero attached hydrogens (tertiary/aromatic N) is 2. The fraction of sp³-hybridized carbons (Fsp3) is 0.550. The third-order valence-electron chi connectivity index (χ3n) is 5.94. The molecule has 9 nitrogen and oxygen atoms in total. The highest BCUT2D eigenvalue weighted by Gasteiger charge is 2.59. The summed E-state index contributed by atoms with van der Waals surface area (Å²) >= 11 is 0. The third-order valence-corrected chi connectivity index (χ3v) is 5.94. The van der Waals surface area contributed by atoms with E-state index in [4.69, 9.17) is 9.84 Å². The van der Waals surface area contributed by atoms with Crippen molar-refractivity contribution in [1.82, 2.24) is 10.6 Å². The molecule has 3 fully saturated rings. The van der Waals surface area contributed by atoms with Crippen LogP contribution in [0, 0.1) is 23.6 Å². The lowest BCUT2D eigenvalue weighted by Crippen LogP contribution is -2.33. The van der Waals surface area contributed by atoms with Crippen LogP contribution in [0.4, 0.5) is 20.6 Å². The van der Waals surface area contributed by atoms with E-state index in [0.717, 1.165) is 0 Å². The number of aliphatic hydroxyl groups is 1. The highest BCUT2D eigenvalue weighted by Crippen LogP contribution is 2.53. The minimum atomic E-state index is -0.573. The number of carbonyl (C=O) groups excluding carboxylic acids is 3. The van der Waals surface area contributed by atoms with Crippen molar-refractivity contribution in [3.05, 3.63) is 24.0 Å². The van der Waals surface area contributed by atoms with E-state index in [1.54, 1.807) is 12.1 Å². The first-order valence-corrected chi connectivity index (χ1v) is 10.0. The van der Waals surface area contributed by atoms with Crippen LogP contribution in [-0.4, -0.2) is 68.4 Å². The van der Waals surface area contributed by atoms with E-state index in [1.807, 2.05) is 4.90 Å². The van der Waals surface area contributed by atoms with Crippen molar-refractivity contribution >= 4 is 29.3 Å². The van der Waals surface area contributed by atoms with Crippen molar-refractivity contribution in [3.8, 4) is 0 Å². The zero-order chi connectivity index (χ0) is 21.4. The molecule has 1 aliphatic carbocycles. The first-order valence-electron chi connectivity index (χ1n) is 10.0. The average Bonchev–Trinajstić information content (AvgIpc) is 3.03. The lowest BCUT2D eigenvalue weighted by molar-refractivity contribution is -0.123. The second-order valence-corrected chi connectivity index (χ2v) is 7.96. The standard InChI is InChI=1S/C20H25FN4O5/c1-11(27)23-7-13-8-25(20(29)30-13)12-2-3-17(16(21)6-12)24-9-14-15(10-24)18(14)19(28)22-4-5-26/h2-3,6,13-15,18,26H,4-5,7-10H2,1H3,(H,22,28)(H,23,27)/t13-,14?,15?,18?/m0/s1. The number of aliphatic hydroxyl groups excluding tert-OH is 1. The Morgan fingerprint density at radius 1 is 1.23 bits per heavy atom. The van der Waals surface area contributed by atoms with Gasteiger partial charge in [0.1, 0.15) is 11.9 Å². The van der Waals surface area contributed by atoms with Gasteiger partial charge in [0.2, 0.25) is 11.8 Å². The van der Waals surface area contributed by atoms with Crippen molar-refractivity contribution in [2.75, 3.05) is 49.1 Å². The molecule has 2 heterocycles. The van der Waals surface area contributed by atoms with Gasteiger partial charge in [-0.2, -0.15) is 0 Å². The molecule has 2 unspecified atom stereocenters. The number of hydrogen-bond donors (Lipinski definition) is 3. The number of ether oxygens (including phenoxy) is 1. The van der Waals surface area contributed by atoms with Crippen LogP contribution in [0.2, 0.25) is 0 Å². The predicted octanol–water partition coefficient (Wildman–Crippen LogP) is 0.0777. The Labute approximate surface area is 173 Å². The van der Waals surface area contributed by atoms with Gasteiger partial charge in [-0.25, -0.2) is 9.18 Å². The zero-order valence-corrected chi connectivity index (χ0v) is 16.6. The molecule has 0 bridgehead atoms. The first kappa shape index (κ1) is 20.4. The lowest BCUT2D eigenvalue weighted by Gasteiger charge is -2.23. The smallest absolute Gasteiger partial charge is 0.414 e. The number of fused-ring (bicyclic) bond motifs is 1. The van der Waals surface area contributed by atoms with E-state index in [2.05, 4.69) is 10.6 Å². The van der Waals surface area contributed by atoms with Gasteiger partial charge >= 0.3 is 6.09 Å². The summed E-state index contributed by atoms with van der Waals surface area (Å²) in [6, 6.07) is 4.63. The maximum absolute atomic E-state index is 14.8. The molecule has 3 atom stereocenters. The van der Waals surface area contributed by atoms with Crippen LogP contribution in [0.1, 0.15) is 6.92 Å². The molecule has 2 aliphatic heterocycles. The van der Waals surface area contributed by atoms with E-state index in [0.29, 0.717) is 24.5 Å². The third kappa shape index (κ3) is 3.91. The number of halogens is 1. The van der Waals surface area contributed by atoms with Crippen LogP contribution in [0.5, 0.6) is 0 Å². The molecule has 162 valence electrons. The molecule has 3 amide bonds. The second kappa shape index (κ2) is 8.10. The Kier molecular flexibility index (Phi) is 5.50. The van der Waals surface area contributed by atoms with Crippen LogP contribution in [0.15, 0.2) is 18.2 Å². The van der Waals surface area contributed by atoms with Gasteiger partial charge in [-0.05, 0) is 30.0 Å². The molecule has 0 aromatic heterocycles. The van der Waals surface area contributed by atoms with E-state index in [-0.39, 0.29) is 55.8 Å². The molecule has 4 rings (SSSR count). The number of hydrogen-bond acceptors (Lipinski definition) is 6. The minimum Gasteiger partial charge on any atom is -0.442 e. The van der Waals surface area contributed by atoms with Gasteiger partial charge in [0.15, 0.2) is 0 Å². The van der Waals surface area contributed by atoms with Crippen LogP contribution < -0.4 is 20.4 Å². The normalized spacial score (nSPS) is 27.0. The van der Waals surface area contributed by atoms with E-state index in [9.17, 15) is 18.8 Å². The lowest BCUT2D eigenvalue weighted by atomic mass is 10.2. The van der Waals surface area contributed by atoms with Crippen LogP contribution in [0.25, 0.3) is 0 Å². The molecule has 1 aromatic carbocycles. The van der Waals surface area contributed by atoms with Crippen LogP contribution >= 0.6 is 0 Å². The number of carbonyl (C=O) groups is 3. The molecule has 10 heteroatoms. The summed E-state index contributed by atoms with van der Waals surface area (Å²) in [6.07, 6.45) is -1.06. The van der Waals surface area contributed by atoms with Crippen molar-refractivity contribution in [3.63, 3.8) is 0 Å². The summed E-state index contributed by atoms with van der Waals surface area (Å²) in [7, 11) is 0. The number of nitrogens with one attached hydrogen (secondary N) is 2. The van der Waals surface area contributed by atoms with Gasteiger partial charge in [-0.3, -0.25) is 14.5 Å². The van der Waals surface area contributed by atoms with Gasteiger partial charge in [0.25, 0.3) is 0 Å². The quantitative estimate of drug-likeness (QED) is 0.576. The SMILES string of the molecule is CC(=O)NC[C@H]1CN(c2ccc(N3CC4C(C3)C4C(=O)NCCO)c(F)c2)C(=O)O1. The number of benzene rings is 1. The summed E-state index contributed by atoms with van der Waals surface area (Å²) in [4.78, 5) is 38.4. The van der Waals surface area contributed by atoms with Gasteiger partial charge < -0.3 is 25.4 Å². The van der Waals surface area contributed by atoms with Crippen molar-refractivity contribution in [1.29, 1.82) is 0 Å². The van der Waals surface area contributed by atoms with Crippen LogP contribution in [0.3, 0.4) is 0 Å². The molecule has 3 aliphatic rings. The number of rotatable bonds is 7. The molecular formula is C20H25FN4O5. The Morgan fingerprint density at radius 3 is 2.60 bits per heavy atom. The summed E-state index contributed by atoms with van der Waals surface area (Å²) in [6.45, 7) is 3.19. The molecule has 1 aromatic rings. The summed E-state index contributed by atoms with van der Waals surface area (Å²) < 4.78 is 20.0. The van der Waals surface area contributed by atoms with Crippen molar-refractivity contribution in [2.24, 2.45) is 17.8 Å². The molecule has 3 N–H and O–H groups in total. The molecule has 2 saturated heterocycles. The molecular weight excluding hydrogens is 395 g/mol. The van der Waals surface area contributed by atoms with Gasteiger partial charge in [0.05, 0.1) is 31.1 Å². The maximum Gasteiger partial charge on any atom is 0.414 e. The van der Waals surface area contributed by atoms with Crippen molar-refractivity contribution in [2.45, 2.75) is 13.0 Å². The monoisotopic (exact) mass is 420 g/mol. The highest BCUT2D eigenvalue weighted by atomic mass is 19.1. The van der Waals surface area contributed by atoms with Crippen molar-refractivity contribution < 1.29 is 28.6 Å². The van der Waals surface area contributed by atoms with Gasteiger partial charge in [-0.15, -0.1) is 0 Å². The Hall–Kier alpha value is -2.88. The Balaban J connectivity index is 1.36. The fourth-order valence-electron chi connectivity index (χ4n) is 4.43. The van der Waals surface area contributed by atoms with E-state index < -0.39 is 18.0 Å². The van der Waals surface area contributed by atoms with Crippen LogP contribution in [-0.2, 0) is 14.3 Å². The molecule has 0 radical (unpaired) electrons. The maximum atomic E-state index is 14.8. The number of anilines is 2. The largest absolute Gasteiger partial charge is 0.442 e. The topological polar surface area (TPSA) is 111 Å². The van der Waals surface area contributed by atoms with Gasteiger partial charge in [-0.1, -0.05) is 0 Å². The number of piperidine rings is 1.